The molecule has 1 fully saturated rings. The minimum atomic E-state index is -0.495. The van der Waals surface area contributed by atoms with Crippen LogP contribution in [-0.2, 0) is 25.3 Å². The van der Waals surface area contributed by atoms with Crippen molar-refractivity contribution in [2.75, 3.05) is 6.61 Å². The summed E-state index contributed by atoms with van der Waals surface area (Å²) in [5.74, 6) is -0.401. The van der Waals surface area contributed by atoms with Crippen molar-refractivity contribution in [3.63, 3.8) is 0 Å². The maximum atomic E-state index is 12.5. The topological polar surface area (TPSA) is 70.5 Å². The lowest BCUT2D eigenvalue weighted by Gasteiger charge is -2.32. The summed E-state index contributed by atoms with van der Waals surface area (Å²) in [5.41, 5.74) is 2.98. The molecule has 0 amide bonds. The van der Waals surface area contributed by atoms with Crippen LogP contribution in [-0.4, -0.2) is 40.9 Å². The minimum Gasteiger partial charge on any atom is -0.466 e. The fourth-order valence-corrected chi connectivity index (χ4v) is 3.53. The summed E-state index contributed by atoms with van der Waals surface area (Å²) in [5, 5.41) is 0. The Morgan fingerprint density at radius 2 is 1.70 bits per heavy atom. The molecule has 1 unspecified atom stereocenters. The molecule has 1 saturated heterocycles. The van der Waals surface area contributed by atoms with E-state index in [0.717, 1.165) is 22.2 Å². The third-order valence-corrected chi connectivity index (χ3v) is 6.12. The molecule has 0 radical (unpaired) electrons. The molecule has 1 aromatic heterocycles. The molecule has 3 rings (SSSR count). The third-order valence-electron chi connectivity index (χ3n) is 6.12. The average Bonchev–Trinajstić information content (AvgIpc) is 2.93. The Morgan fingerprint density at radius 1 is 1.07 bits per heavy atom. The van der Waals surface area contributed by atoms with E-state index in [9.17, 15) is 4.79 Å². The first-order chi connectivity index (χ1) is 14.2. The van der Waals surface area contributed by atoms with Gasteiger partial charge in [0.2, 0.25) is 0 Å². The zero-order valence-electron chi connectivity index (χ0n) is 18.8. The van der Waals surface area contributed by atoms with E-state index in [1.807, 2.05) is 53.7 Å². The fraction of sp³-hybridized carbons (Fsp3) is 0.522. The van der Waals surface area contributed by atoms with Crippen molar-refractivity contribution in [1.29, 1.82) is 0 Å². The summed E-state index contributed by atoms with van der Waals surface area (Å²) in [4.78, 5) is 20.7. The Balaban J connectivity index is 2.00. The van der Waals surface area contributed by atoms with E-state index >= 15 is 0 Å². The largest absolute Gasteiger partial charge is 0.495 e. The molecule has 30 heavy (non-hydrogen) atoms. The molecule has 2 heterocycles. The van der Waals surface area contributed by atoms with Crippen LogP contribution in [0.15, 0.2) is 36.9 Å². The lowest BCUT2D eigenvalue weighted by atomic mass is 9.73. The Bertz CT molecular complexity index is 870. The van der Waals surface area contributed by atoms with E-state index in [2.05, 4.69) is 16.0 Å². The molecular formula is C23H31BN2O4. The second-order valence-electron chi connectivity index (χ2n) is 8.69. The molecule has 0 aliphatic carbocycles. The third kappa shape index (κ3) is 4.57. The number of carbonyl (C=O) groups is 1. The molecule has 7 heteroatoms. The van der Waals surface area contributed by atoms with Crippen molar-refractivity contribution in [1.82, 2.24) is 9.97 Å². The van der Waals surface area contributed by atoms with Gasteiger partial charge in [-0.2, -0.15) is 0 Å². The van der Waals surface area contributed by atoms with E-state index in [4.69, 9.17) is 14.0 Å². The van der Waals surface area contributed by atoms with Crippen LogP contribution in [0.25, 0.3) is 11.1 Å². The van der Waals surface area contributed by atoms with Crippen LogP contribution in [0.5, 0.6) is 0 Å². The van der Waals surface area contributed by atoms with Gasteiger partial charge >= 0.3 is 13.1 Å². The van der Waals surface area contributed by atoms with Crippen LogP contribution in [0, 0.1) is 5.92 Å². The number of esters is 1. The van der Waals surface area contributed by atoms with Crippen molar-refractivity contribution >= 4 is 18.6 Å². The highest BCUT2D eigenvalue weighted by atomic mass is 16.7. The van der Waals surface area contributed by atoms with E-state index in [0.29, 0.717) is 19.4 Å². The lowest BCUT2D eigenvalue weighted by molar-refractivity contribution is -0.148. The maximum Gasteiger partial charge on any atom is 0.495 e. The van der Waals surface area contributed by atoms with Crippen LogP contribution >= 0.6 is 0 Å². The fourth-order valence-electron chi connectivity index (χ4n) is 3.53. The first kappa shape index (κ1) is 22.4. The average molecular weight is 410 g/mol. The highest BCUT2D eigenvalue weighted by Gasteiger charge is 2.52. The number of rotatable bonds is 7. The number of aromatic nitrogens is 2. The molecule has 0 N–H and O–H groups in total. The summed E-state index contributed by atoms with van der Waals surface area (Å²) >= 11 is 0. The molecule has 1 atom stereocenters. The molecule has 160 valence electrons. The first-order valence-electron chi connectivity index (χ1n) is 10.6. The molecule has 0 saturated carbocycles. The van der Waals surface area contributed by atoms with Crippen molar-refractivity contribution < 1.29 is 18.8 Å². The van der Waals surface area contributed by atoms with E-state index in [1.54, 1.807) is 12.4 Å². The van der Waals surface area contributed by atoms with Gasteiger partial charge in [0.05, 0.1) is 23.7 Å². The molecule has 0 bridgehead atoms. The quantitative estimate of drug-likeness (QED) is 0.514. The number of hydrogen-bond donors (Lipinski definition) is 0. The monoisotopic (exact) mass is 410 g/mol. The highest BCUT2D eigenvalue weighted by molar-refractivity contribution is 6.62. The molecule has 2 aromatic rings. The van der Waals surface area contributed by atoms with Gasteiger partial charge < -0.3 is 14.0 Å². The van der Waals surface area contributed by atoms with Crippen molar-refractivity contribution in [3.8, 4) is 11.1 Å². The van der Waals surface area contributed by atoms with Crippen LogP contribution in [0.2, 0.25) is 0 Å². The van der Waals surface area contributed by atoms with Crippen LogP contribution < -0.4 is 5.46 Å². The summed E-state index contributed by atoms with van der Waals surface area (Å²) in [6.07, 6.45) is 6.32. The van der Waals surface area contributed by atoms with Gasteiger partial charge in [0, 0.05) is 18.0 Å². The summed E-state index contributed by atoms with van der Waals surface area (Å²) in [6, 6.07) is 6.13. The second kappa shape index (κ2) is 8.86. The van der Waals surface area contributed by atoms with Gasteiger partial charge in [-0.3, -0.25) is 4.79 Å². The number of benzene rings is 1. The number of hydrogen-bond acceptors (Lipinski definition) is 6. The highest BCUT2D eigenvalue weighted by Crippen LogP contribution is 2.37. The van der Waals surface area contributed by atoms with Gasteiger partial charge in [0.1, 0.15) is 6.33 Å². The van der Waals surface area contributed by atoms with Gasteiger partial charge in [-0.05, 0) is 64.1 Å². The Kier molecular flexibility index (Phi) is 6.63. The van der Waals surface area contributed by atoms with Gasteiger partial charge in [0.25, 0.3) is 0 Å². The summed E-state index contributed by atoms with van der Waals surface area (Å²) < 4.78 is 17.9. The summed E-state index contributed by atoms with van der Waals surface area (Å²) in [6.45, 7) is 12.4. The van der Waals surface area contributed by atoms with Gasteiger partial charge in [0.15, 0.2) is 0 Å². The molecule has 1 aromatic carbocycles. The molecule has 0 spiro atoms. The van der Waals surface area contributed by atoms with Crippen molar-refractivity contribution in [2.24, 2.45) is 5.92 Å². The van der Waals surface area contributed by atoms with Gasteiger partial charge in [-0.15, -0.1) is 0 Å². The number of nitrogens with zero attached hydrogens (tertiary/aromatic N) is 2. The molecular weight excluding hydrogens is 379 g/mol. The molecule has 6 nitrogen and oxygen atoms in total. The number of carbonyl (C=O) groups excluding carboxylic acids is 1. The van der Waals surface area contributed by atoms with Crippen LogP contribution in [0.1, 0.15) is 53.5 Å². The van der Waals surface area contributed by atoms with Gasteiger partial charge in [-0.25, -0.2) is 9.97 Å². The molecule has 1 aliphatic rings. The molecule has 1 aliphatic heterocycles. The van der Waals surface area contributed by atoms with E-state index in [-0.39, 0.29) is 11.9 Å². The standard InChI is InChI=1S/C23H31BN2O4/c1-7-16(21(27)28-8-2)11-18-12-17(19-13-25-15-26-14-19)9-10-20(18)24-29-22(3,4)23(5,6)30-24/h9-10,12-16H,7-8,11H2,1-6H3. The van der Waals surface area contributed by atoms with Gasteiger partial charge in [-0.1, -0.05) is 25.1 Å². The normalized spacial score (nSPS) is 18.3. The van der Waals surface area contributed by atoms with E-state index in [1.165, 1.54) is 6.33 Å². The van der Waals surface area contributed by atoms with Crippen LogP contribution in [0.3, 0.4) is 0 Å². The Labute approximate surface area is 179 Å². The van der Waals surface area contributed by atoms with Crippen LogP contribution in [0.4, 0.5) is 0 Å². The Hall–Kier alpha value is -2.25. The smallest absolute Gasteiger partial charge is 0.466 e. The lowest BCUT2D eigenvalue weighted by Crippen LogP contribution is -2.41. The van der Waals surface area contributed by atoms with E-state index < -0.39 is 18.3 Å². The second-order valence-corrected chi connectivity index (χ2v) is 8.69. The maximum absolute atomic E-state index is 12.5. The first-order valence-corrected chi connectivity index (χ1v) is 10.6. The Morgan fingerprint density at radius 3 is 2.27 bits per heavy atom. The number of ether oxygens (including phenoxy) is 1. The van der Waals surface area contributed by atoms with Crippen molar-refractivity contribution in [2.45, 2.75) is 65.6 Å². The minimum absolute atomic E-state index is 0.173. The summed E-state index contributed by atoms with van der Waals surface area (Å²) in [7, 11) is -0.495. The SMILES string of the molecule is CCOC(=O)C(CC)Cc1cc(-c2cncnc2)ccc1B1OC(C)(C)C(C)(C)O1. The zero-order valence-corrected chi connectivity index (χ0v) is 18.8. The predicted octanol–water partition coefficient (Wildman–Crippen LogP) is 3.57. The predicted molar refractivity (Wildman–Crippen MR) is 117 cm³/mol. The van der Waals surface area contributed by atoms with Crippen molar-refractivity contribution in [3.05, 3.63) is 42.5 Å². The zero-order chi connectivity index (χ0) is 21.9.